The van der Waals surface area contributed by atoms with E-state index in [1.807, 2.05) is 0 Å². The first-order chi connectivity index (χ1) is 17.2. The van der Waals surface area contributed by atoms with Crippen molar-refractivity contribution in [1.29, 1.82) is 0 Å². The van der Waals surface area contributed by atoms with Crippen LogP contribution in [0.15, 0.2) is 36.4 Å². The van der Waals surface area contributed by atoms with Crippen LogP contribution in [0, 0.1) is 23.4 Å². The molecule has 1 aliphatic heterocycles. The zero-order chi connectivity index (χ0) is 27.3. The van der Waals surface area contributed by atoms with Gasteiger partial charge in [-0.1, -0.05) is 18.2 Å². The van der Waals surface area contributed by atoms with E-state index in [-0.39, 0.29) is 34.8 Å². The summed E-state index contributed by atoms with van der Waals surface area (Å²) < 4.78 is 96.6. The number of hydrogen-bond donors (Lipinski definition) is 2. The van der Waals surface area contributed by atoms with Crippen LogP contribution in [-0.2, 0) is 21.2 Å². The van der Waals surface area contributed by atoms with E-state index >= 15 is 4.39 Å². The number of amides is 1. The third kappa shape index (κ3) is 5.65. The largest absolute Gasteiger partial charge is 0.380 e. The second kappa shape index (κ2) is 9.95. The van der Waals surface area contributed by atoms with Gasteiger partial charge < -0.3 is 10.0 Å². The number of benzene rings is 2. The second-order valence-electron chi connectivity index (χ2n) is 9.80. The summed E-state index contributed by atoms with van der Waals surface area (Å²) in [5, 5.41) is 10.5. The Morgan fingerprint density at radius 3 is 2.43 bits per heavy atom. The summed E-state index contributed by atoms with van der Waals surface area (Å²) in [6, 6.07) is 4.42. The lowest BCUT2D eigenvalue weighted by Gasteiger charge is -2.36. The van der Waals surface area contributed by atoms with Crippen molar-refractivity contribution in [2.24, 2.45) is 5.92 Å². The van der Waals surface area contributed by atoms with Crippen molar-refractivity contribution in [3.8, 4) is 11.1 Å². The first kappa shape index (κ1) is 27.5. The van der Waals surface area contributed by atoms with Crippen LogP contribution in [0.4, 0.5) is 22.0 Å². The molecule has 12 heteroatoms. The molecule has 1 amide bonds. The smallest absolute Gasteiger partial charge is 0.255 e. The maximum Gasteiger partial charge on any atom is 0.255 e. The number of hydrogen-bond acceptors (Lipinski definition) is 4. The van der Waals surface area contributed by atoms with Gasteiger partial charge in [-0.2, -0.15) is 0 Å². The summed E-state index contributed by atoms with van der Waals surface area (Å²) in [5.74, 6) is -4.20. The van der Waals surface area contributed by atoms with Crippen LogP contribution in [0.2, 0.25) is 0 Å². The first-order valence-electron chi connectivity index (χ1n) is 11.8. The lowest BCUT2D eigenvalue weighted by atomic mass is 9.93. The number of piperidine rings is 1. The molecular weight excluding hydrogens is 519 g/mol. The van der Waals surface area contributed by atoms with E-state index in [1.54, 1.807) is 0 Å². The number of nitrogens with one attached hydrogen (secondary N) is 1. The highest BCUT2D eigenvalue weighted by atomic mass is 32.2. The van der Waals surface area contributed by atoms with Gasteiger partial charge in [0, 0.05) is 30.1 Å². The molecule has 202 valence electrons. The molecule has 2 aliphatic rings. The standard InChI is InChI=1S/C25H27F5N2O4S/c1-3-37(35,36)31-23-18-11-19(18)32(24(33)25(2,34)12-21(28)29)20(23)9-13-5-4-6-17(22(13)30)14-7-15(26)10-16(27)8-14/h4-8,10,18-21,23,31,34H,3,9,11-12H2,1-2H3/t18-,19+,20+,23+,25?/m0/s1. The molecule has 2 N–H and O–H groups in total. The molecule has 5 atom stereocenters. The molecule has 1 unspecified atom stereocenters. The molecule has 0 aromatic heterocycles. The van der Waals surface area contributed by atoms with Gasteiger partial charge >= 0.3 is 0 Å². The van der Waals surface area contributed by atoms with Gasteiger partial charge in [0.25, 0.3) is 5.91 Å². The van der Waals surface area contributed by atoms with Crippen molar-refractivity contribution in [2.45, 2.75) is 63.3 Å². The lowest BCUT2D eigenvalue weighted by molar-refractivity contribution is -0.155. The van der Waals surface area contributed by atoms with Gasteiger partial charge in [0.1, 0.15) is 23.1 Å². The molecule has 0 radical (unpaired) electrons. The molecule has 0 spiro atoms. The van der Waals surface area contributed by atoms with Gasteiger partial charge in [-0.05, 0) is 55.9 Å². The molecule has 0 bridgehead atoms. The second-order valence-corrected chi connectivity index (χ2v) is 11.8. The topological polar surface area (TPSA) is 86.7 Å². The highest BCUT2D eigenvalue weighted by Crippen LogP contribution is 2.50. The zero-order valence-corrected chi connectivity index (χ0v) is 20.9. The molecule has 2 fully saturated rings. The summed E-state index contributed by atoms with van der Waals surface area (Å²) in [6.45, 7) is 2.40. The number of alkyl halides is 2. The van der Waals surface area contributed by atoms with E-state index in [1.165, 1.54) is 30.0 Å². The number of carbonyl (C=O) groups excluding carboxylic acids is 1. The molecule has 2 aromatic carbocycles. The maximum atomic E-state index is 15.6. The molecule has 6 nitrogen and oxygen atoms in total. The summed E-state index contributed by atoms with van der Waals surface area (Å²) in [6.07, 6.45) is -3.91. The first-order valence-corrected chi connectivity index (χ1v) is 13.5. The fourth-order valence-electron chi connectivity index (χ4n) is 5.15. The molecule has 2 aromatic rings. The van der Waals surface area contributed by atoms with E-state index in [4.69, 9.17) is 0 Å². The fourth-order valence-corrected chi connectivity index (χ4v) is 6.07. The quantitative estimate of drug-likeness (QED) is 0.471. The monoisotopic (exact) mass is 546 g/mol. The summed E-state index contributed by atoms with van der Waals surface area (Å²) in [4.78, 5) is 14.5. The van der Waals surface area contributed by atoms with Crippen LogP contribution in [0.1, 0.15) is 32.3 Å². The fraction of sp³-hybridized carbons (Fsp3) is 0.480. The van der Waals surface area contributed by atoms with Gasteiger partial charge in [0.05, 0.1) is 11.8 Å². The number of halogens is 5. The highest BCUT2D eigenvalue weighted by Gasteiger charge is 2.62. The van der Waals surface area contributed by atoms with E-state index in [0.29, 0.717) is 12.5 Å². The minimum Gasteiger partial charge on any atom is -0.380 e. The van der Waals surface area contributed by atoms with Crippen LogP contribution in [-0.4, -0.2) is 60.2 Å². The van der Waals surface area contributed by atoms with Crippen molar-refractivity contribution >= 4 is 15.9 Å². The number of likely N-dealkylation sites (tertiary alicyclic amines) is 1. The minimum absolute atomic E-state index is 0.0282. The Labute approximate surface area is 211 Å². The van der Waals surface area contributed by atoms with Gasteiger partial charge in [0.2, 0.25) is 16.4 Å². The number of rotatable bonds is 9. The zero-order valence-electron chi connectivity index (χ0n) is 20.1. The van der Waals surface area contributed by atoms with Gasteiger partial charge in [-0.3, -0.25) is 4.79 Å². The molecule has 4 rings (SSSR count). The van der Waals surface area contributed by atoms with Crippen LogP contribution in [0.25, 0.3) is 11.1 Å². The van der Waals surface area contributed by atoms with E-state index in [2.05, 4.69) is 4.72 Å². The summed E-state index contributed by atoms with van der Waals surface area (Å²) in [5.41, 5.74) is -2.55. The third-order valence-corrected chi connectivity index (χ3v) is 8.41. The van der Waals surface area contributed by atoms with Crippen LogP contribution in [0.5, 0.6) is 0 Å². The Morgan fingerprint density at radius 2 is 1.84 bits per heavy atom. The molecule has 1 saturated heterocycles. The van der Waals surface area contributed by atoms with E-state index < -0.39 is 70.0 Å². The van der Waals surface area contributed by atoms with Crippen LogP contribution >= 0.6 is 0 Å². The van der Waals surface area contributed by atoms with Crippen molar-refractivity contribution in [3.05, 3.63) is 59.4 Å². The predicted molar refractivity (Wildman–Crippen MR) is 126 cm³/mol. The Kier molecular flexibility index (Phi) is 7.39. The molecule has 1 aliphatic carbocycles. The Hall–Kier alpha value is -2.57. The SMILES string of the molecule is CCS(=O)(=O)N[C@@H]1[C@H]2C[C@H]2N(C(=O)C(C)(O)CC(F)F)[C@@H]1Cc1cccc(-c2cc(F)cc(F)c2)c1F. The number of aliphatic hydroxyl groups is 1. The lowest BCUT2D eigenvalue weighted by Crippen LogP contribution is -2.56. The van der Waals surface area contributed by atoms with Crippen LogP contribution in [0.3, 0.4) is 0 Å². The third-order valence-electron chi connectivity index (χ3n) is 7.02. The molecule has 1 saturated carbocycles. The highest BCUT2D eigenvalue weighted by molar-refractivity contribution is 7.89. The average molecular weight is 547 g/mol. The van der Waals surface area contributed by atoms with Gasteiger partial charge in [-0.25, -0.2) is 35.1 Å². The number of nitrogens with zero attached hydrogens (tertiary/aromatic N) is 1. The van der Waals surface area contributed by atoms with Crippen LogP contribution < -0.4 is 4.72 Å². The van der Waals surface area contributed by atoms with Crippen molar-refractivity contribution in [3.63, 3.8) is 0 Å². The molecular formula is C25H27F5N2O4S. The van der Waals surface area contributed by atoms with Gasteiger partial charge in [0.15, 0.2) is 0 Å². The summed E-state index contributed by atoms with van der Waals surface area (Å²) >= 11 is 0. The van der Waals surface area contributed by atoms with Crippen molar-refractivity contribution in [1.82, 2.24) is 9.62 Å². The molecule has 37 heavy (non-hydrogen) atoms. The Bertz CT molecular complexity index is 1280. The summed E-state index contributed by atoms with van der Waals surface area (Å²) in [7, 11) is -3.76. The average Bonchev–Trinajstić information content (AvgIpc) is 3.51. The minimum atomic E-state index is -3.76. The van der Waals surface area contributed by atoms with Crippen molar-refractivity contribution in [2.75, 3.05) is 5.75 Å². The van der Waals surface area contributed by atoms with E-state index in [0.717, 1.165) is 19.1 Å². The predicted octanol–water partition coefficient (Wildman–Crippen LogP) is 3.63. The van der Waals surface area contributed by atoms with Gasteiger partial charge in [-0.15, -0.1) is 0 Å². The number of fused-ring (bicyclic) bond motifs is 1. The Morgan fingerprint density at radius 1 is 1.19 bits per heavy atom. The molecule has 1 heterocycles. The van der Waals surface area contributed by atoms with Crippen molar-refractivity contribution < 1.29 is 40.3 Å². The Balaban J connectivity index is 1.72. The number of sulfonamides is 1. The number of carbonyl (C=O) groups is 1. The van der Waals surface area contributed by atoms with E-state index in [9.17, 15) is 35.9 Å². The normalized spacial score (nSPS) is 24.7. The maximum absolute atomic E-state index is 15.6.